The first-order valence-electron chi connectivity index (χ1n) is 9.73. The van der Waals surface area contributed by atoms with Gasteiger partial charge >= 0.3 is 0 Å². The molecule has 3 heterocycles. The third kappa shape index (κ3) is 3.45. The second kappa shape index (κ2) is 7.48. The molecule has 138 valence electrons. The second-order valence-corrected chi connectivity index (χ2v) is 7.36. The van der Waals surface area contributed by atoms with Crippen molar-refractivity contribution in [3.63, 3.8) is 0 Å². The molecule has 0 unspecified atom stereocenters. The molecule has 1 aromatic heterocycles. The van der Waals surface area contributed by atoms with Crippen LogP contribution in [0.5, 0.6) is 0 Å². The number of anilines is 3. The zero-order valence-electron chi connectivity index (χ0n) is 15.9. The molecule has 2 aliphatic heterocycles. The van der Waals surface area contributed by atoms with Crippen LogP contribution in [0.1, 0.15) is 30.4 Å². The van der Waals surface area contributed by atoms with Crippen LogP contribution in [0.3, 0.4) is 0 Å². The van der Waals surface area contributed by atoms with Crippen LogP contribution < -0.4 is 14.7 Å². The Morgan fingerprint density at radius 1 is 0.808 bits per heavy atom. The van der Waals surface area contributed by atoms with Crippen molar-refractivity contribution in [2.24, 2.45) is 0 Å². The van der Waals surface area contributed by atoms with Crippen molar-refractivity contribution in [1.29, 1.82) is 0 Å². The zero-order valence-corrected chi connectivity index (χ0v) is 15.9. The predicted octanol–water partition coefficient (Wildman–Crippen LogP) is 2.81. The summed E-state index contributed by atoms with van der Waals surface area (Å²) in [6.07, 6.45) is 5.62. The maximum absolute atomic E-state index is 4.81. The monoisotopic (exact) mass is 352 g/mol. The average Bonchev–Trinajstić information content (AvgIpc) is 2.71. The lowest BCUT2D eigenvalue weighted by molar-refractivity contribution is 0.569. The van der Waals surface area contributed by atoms with Gasteiger partial charge in [-0.25, -0.2) is 0 Å². The Morgan fingerprint density at radius 2 is 1.54 bits per heavy atom. The molecule has 2 fully saturated rings. The van der Waals surface area contributed by atoms with E-state index in [0.29, 0.717) is 0 Å². The lowest BCUT2D eigenvalue weighted by Crippen LogP contribution is -2.47. The molecule has 0 bridgehead atoms. The van der Waals surface area contributed by atoms with Crippen LogP contribution in [0, 0.1) is 13.8 Å². The van der Waals surface area contributed by atoms with E-state index in [1.165, 1.54) is 36.1 Å². The Bertz CT molecular complexity index is 748. The molecule has 1 aromatic carbocycles. The Hall–Kier alpha value is -2.37. The standard InChI is InChI=1S/C20H28N6/c1-16-7-6-8-18(17(16)2)24-11-13-26(14-12-24)20-22-19(15-21-23-20)25-9-4-3-5-10-25/h6-8,15H,3-5,9-14H2,1-2H3. The Balaban J connectivity index is 1.44. The molecule has 0 atom stereocenters. The van der Waals surface area contributed by atoms with Gasteiger partial charge in [-0.3, -0.25) is 0 Å². The summed E-state index contributed by atoms with van der Waals surface area (Å²) in [5, 5.41) is 8.54. The van der Waals surface area contributed by atoms with Gasteiger partial charge in [0.2, 0.25) is 5.95 Å². The second-order valence-electron chi connectivity index (χ2n) is 7.36. The van der Waals surface area contributed by atoms with Gasteiger partial charge in [0.25, 0.3) is 0 Å². The van der Waals surface area contributed by atoms with Crippen molar-refractivity contribution < 1.29 is 0 Å². The summed E-state index contributed by atoms with van der Waals surface area (Å²) in [6, 6.07) is 6.56. The van der Waals surface area contributed by atoms with Gasteiger partial charge in [-0.05, 0) is 50.3 Å². The van der Waals surface area contributed by atoms with Crippen molar-refractivity contribution >= 4 is 17.5 Å². The molecular weight excluding hydrogens is 324 g/mol. The first-order valence-corrected chi connectivity index (χ1v) is 9.73. The number of aromatic nitrogens is 3. The topological polar surface area (TPSA) is 48.4 Å². The minimum atomic E-state index is 0.772. The summed E-state index contributed by atoms with van der Waals surface area (Å²) in [4.78, 5) is 11.9. The van der Waals surface area contributed by atoms with Crippen LogP contribution in [0.15, 0.2) is 24.4 Å². The van der Waals surface area contributed by atoms with Crippen LogP contribution in [-0.4, -0.2) is 54.4 Å². The first kappa shape index (κ1) is 17.1. The molecule has 6 heteroatoms. The highest BCUT2D eigenvalue weighted by Crippen LogP contribution is 2.25. The van der Waals surface area contributed by atoms with E-state index < -0.39 is 0 Å². The smallest absolute Gasteiger partial charge is 0.247 e. The summed E-state index contributed by atoms with van der Waals surface area (Å²) >= 11 is 0. The van der Waals surface area contributed by atoms with Gasteiger partial charge in [0.15, 0.2) is 5.82 Å². The number of piperidine rings is 1. The van der Waals surface area contributed by atoms with E-state index in [1.54, 1.807) is 6.20 Å². The molecule has 0 radical (unpaired) electrons. The average molecular weight is 352 g/mol. The van der Waals surface area contributed by atoms with Crippen molar-refractivity contribution in [3.05, 3.63) is 35.5 Å². The third-order valence-corrected chi connectivity index (χ3v) is 5.69. The number of piperazine rings is 1. The van der Waals surface area contributed by atoms with Gasteiger partial charge in [0.05, 0.1) is 6.20 Å². The van der Waals surface area contributed by atoms with Gasteiger partial charge in [0, 0.05) is 45.0 Å². The number of nitrogens with zero attached hydrogens (tertiary/aromatic N) is 6. The SMILES string of the molecule is Cc1cccc(N2CCN(c3nncc(N4CCCCC4)n3)CC2)c1C. The first-order chi connectivity index (χ1) is 12.7. The van der Waals surface area contributed by atoms with Crippen molar-refractivity contribution in [2.75, 3.05) is 54.0 Å². The normalized spacial score (nSPS) is 18.3. The fourth-order valence-corrected chi connectivity index (χ4v) is 3.92. The van der Waals surface area contributed by atoms with E-state index >= 15 is 0 Å². The molecule has 6 nitrogen and oxygen atoms in total. The highest BCUT2D eigenvalue weighted by molar-refractivity contribution is 5.57. The maximum Gasteiger partial charge on any atom is 0.247 e. The van der Waals surface area contributed by atoms with Gasteiger partial charge < -0.3 is 14.7 Å². The molecule has 0 aliphatic carbocycles. The minimum absolute atomic E-state index is 0.772. The van der Waals surface area contributed by atoms with E-state index in [9.17, 15) is 0 Å². The summed E-state index contributed by atoms with van der Waals surface area (Å²) in [7, 11) is 0. The molecular formula is C20H28N6. The van der Waals surface area contributed by atoms with Gasteiger partial charge in [-0.2, -0.15) is 10.1 Å². The van der Waals surface area contributed by atoms with E-state index in [2.05, 4.69) is 56.9 Å². The fourth-order valence-electron chi connectivity index (χ4n) is 3.92. The van der Waals surface area contributed by atoms with Crippen molar-refractivity contribution in [1.82, 2.24) is 15.2 Å². The van der Waals surface area contributed by atoms with E-state index in [4.69, 9.17) is 4.98 Å². The van der Waals surface area contributed by atoms with E-state index in [1.807, 2.05) is 0 Å². The third-order valence-electron chi connectivity index (χ3n) is 5.69. The molecule has 0 N–H and O–H groups in total. The molecule has 2 saturated heterocycles. The molecule has 4 rings (SSSR count). The molecule has 2 aliphatic rings. The largest absolute Gasteiger partial charge is 0.368 e. The van der Waals surface area contributed by atoms with Crippen molar-refractivity contribution in [2.45, 2.75) is 33.1 Å². The molecule has 2 aromatic rings. The Kier molecular flexibility index (Phi) is 4.91. The predicted molar refractivity (Wildman–Crippen MR) is 106 cm³/mol. The number of hydrogen-bond acceptors (Lipinski definition) is 6. The lowest BCUT2D eigenvalue weighted by atomic mass is 10.1. The molecule has 0 spiro atoms. The van der Waals surface area contributed by atoms with Gasteiger partial charge in [-0.1, -0.05) is 12.1 Å². The number of aryl methyl sites for hydroxylation is 1. The Labute approximate surface area is 155 Å². The van der Waals surface area contributed by atoms with Crippen LogP contribution in [0.2, 0.25) is 0 Å². The van der Waals surface area contributed by atoms with Crippen LogP contribution in [0.4, 0.5) is 17.5 Å². The molecule has 0 amide bonds. The Morgan fingerprint density at radius 3 is 2.31 bits per heavy atom. The molecule has 0 saturated carbocycles. The fraction of sp³-hybridized carbons (Fsp3) is 0.550. The van der Waals surface area contributed by atoms with Crippen LogP contribution in [0.25, 0.3) is 0 Å². The van der Waals surface area contributed by atoms with E-state index in [0.717, 1.165) is 51.0 Å². The van der Waals surface area contributed by atoms with Crippen molar-refractivity contribution in [3.8, 4) is 0 Å². The van der Waals surface area contributed by atoms with E-state index in [-0.39, 0.29) is 0 Å². The quantitative estimate of drug-likeness (QED) is 0.847. The highest BCUT2D eigenvalue weighted by Gasteiger charge is 2.22. The number of hydrogen-bond donors (Lipinski definition) is 0. The summed E-state index contributed by atoms with van der Waals surface area (Å²) in [5.74, 6) is 1.75. The molecule has 26 heavy (non-hydrogen) atoms. The van der Waals surface area contributed by atoms with Crippen LogP contribution >= 0.6 is 0 Å². The van der Waals surface area contributed by atoms with Gasteiger partial charge in [0.1, 0.15) is 0 Å². The van der Waals surface area contributed by atoms with Crippen LogP contribution in [-0.2, 0) is 0 Å². The minimum Gasteiger partial charge on any atom is -0.368 e. The number of benzene rings is 1. The summed E-state index contributed by atoms with van der Waals surface area (Å²) in [5.41, 5.74) is 4.09. The maximum atomic E-state index is 4.81. The van der Waals surface area contributed by atoms with Gasteiger partial charge in [-0.15, -0.1) is 5.10 Å². The highest BCUT2D eigenvalue weighted by atomic mass is 15.4. The zero-order chi connectivity index (χ0) is 17.9. The lowest BCUT2D eigenvalue weighted by Gasteiger charge is -2.37. The number of rotatable bonds is 3. The summed E-state index contributed by atoms with van der Waals surface area (Å²) < 4.78 is 0. The summed E-state index contributed by atoms with van der Waals surface area (Å²) in [6.45, 7) is 10.4.